The molecule has 1 atom stereocenters. The summed E-state index contributed by atoms with van der Waals surface area (Å²) in [7, 11) is 1.81. The summed E-state index contributed by atoms with van der Waals surface area (Å²) < 4.78 is 8.85. The van der Waals surface area contributed by atoms with Crippen LogP contribution in [0.2, 0.25) is 0 Å². The Labute approximate surface area is 146 Å². The minimum absolute atomic E-state index is 0.0651. The van der Waals surface area contributed by atoms with Crippen LogP contribution in [0.5, 0.6) is 0 Å². The molecule has 2 aromatic rings. The van der Waals surface area contributed by atoms with Crippen molar-refractivity contribution in [2.45, 2.75) is 39.3 Å². The Morgan fingerprint density at radius 1 is 1.36 bits per heavy atom. The van der Waals surface area contributed by atoms with Crippen molar-refractivity contribution in [3.63, 3.8) is 0 Å². The van der Waals surface area contributed by atoms with E-state index in [4.69, 9.17) is 4.74 Å². The van der Waals surface area contributed by atoms with E-state index in [1.807, 2.05) is 24.6 Å². The van der Waals surface area contributed by atoms with Crippen LogP contribution in [0.1, 0.15) is 36.8 Å². The molecule has 8 nitrogen and oxygen atoms in total. The molecule has 0 bridgehead atoms. The van der Waals surface area contributed by atoms with Crippen LogP contribution in [0.3, 0.4) is 0 Å². The van der Waals surface area contributed by atoms with Crippen molar-refractivity contribution in [2.75, 3.05) is 13.2 Å². The lowest BCUT2D eigenvalue weighted by Crippen LogP contribution is -2.42. The lowest BCUT2D eigenvalue weighted by atomic mass is 9.97. The normalized spacial score (nSPS) is 16.6. The van der Waals surface area contributed by atoms with Crippen LogP contribution in [0.25, 0.3) is 0 Å². The fraction of sp³-hybridized carbons (Fsp3) is 0.529. The Balaban J connectivity index is 1.83. The van der Waals surface area contributed by atoms with E-state index in [1.165, 1.54) is 0 Å². The Morgan fingerprint density at radius 3 is 2.80 bits per heavy atom. The standard InChI is InChI=1S/C17H23N5O3/c1-4-21-11-18-14-10-22(9-13(16(14)21)17(24)25-5-2)15(23)8-12-6-7-20(3)19-12/h6-7,11,13H,4-5,8-10H2,1-3H3. The van der Waals surface area contributed by atoms with Gasteiger partial charge in [0.25, 0.3) is 0 Å². The Morgan fingerprint density at radius 2 is 2.16 bits per heavy atom. The Bertz CT molecular complexity index is 779. The summed E-state index contributed by atoms with van der Waals surface area (Å²) in [6.45, 7) is 5.53. The first-order valence-electron chi connectivity index (χ1n) is 8.50. The third-order valence-electron chi connectivity index (χ3n) is 4.40. The maximum absolute atomic E-state index is 12.7. The van der Waals surface area contributed by atoms with Gasteiger partial charge in [0.1, 0.15) is 5.92 Å². The Hall–Kier alpha value is -2.64. The number of carbonyl (C=O) groups is 2. The summed E-state index contributed by atoms with van der Waals surface area (Å²) in [6, 6.07) is 1.82. The van der Waals surface area contributed by atoms with Gasteiger partial charge in [-0.1, -0.05) is 0 Å². The first-order valence-corrected chi connectivity index (χ1v) is 8.50. The molecule has 8 heteroatoms. The summed E-state index contributed by atoms with van der Waals surface area (Å²) in [6.07, 6.45) is 3.74. The van der Waals surface area contributed by atoms with Crippen molar-refractivity contribution >= 4 is 11.9 Å². The van der Waals surface area contributed by atoms with Crippen molar-refractivity contribution in [3.05, 3.63) is 35.7 Å². The molecule has 0 spiro atoms. The molecule has 0 radical (unpaired) electrons. The lowest BCUT2D eigenvalue weighted by molar-refractivity contribution is -0.147. The number of esters is 1. The Kier molecular flexibility index (Phi) is 4.87. The van der Waals surface area contributed by atoms with E-state index in [-0.39, 0.29) is 18.3 Å². The van der Waals surface area contributed by atoms with Crippen LogP contribution in [0.15, 0.2) is 18.6 Å². The topological polar surface area (TPSA) is 82.2 Å². The van der Waals surface area contributed by atoms with Crippen LogP contribution in [0, 0.1) is 0 Å². The van der Waals surface area contributed by atoms with Crippen LogP contribution < -0.4 is 0 Å². The number of ether oxygens (including phenoxy) is 1. The van der Waals surface area contributed by atoms with Crippen LogP contribution >= 0.6 is 0 Å². The molecule has 1 amide bonds. The SMILES string of the molecule is CCOC(=O)C1CN(C(=O)Cc2ccn(C)n2)Cc2ncn(CC)c21. The van der Waals surface area contributed by atoms with Crippen molar-refractivity contribution in [1.82, 2.24) is 24.2 Å². The summed E-state index contributed by atoms with van der Waals surface area (Å²) in [5, 5.41) is 4.25. The van der Waals surface area contributed by atoms with Gasteiger partial charge in [0.2, 0.25) is 5.91 Å². The third-order valence-corrected chi connectivity index (χ3v) is 4.40. The van der Waals surface area contributed by atoms with Crippen LogP contribution in [0.4, 0.5) is 0 Å². The minimum Gasteiger partial charge on any atom is -0.465 e. The van der Waals surface area contributed by atoms with E-state index in [0.29, 0.717) is 25.4 Å². The molecular formula is C17H23N5O3. The molecule has 0 aliphatic carbocycles. The quantitative estimate of drug-likeness (QED) is 0.751. The molecule has 0 saturated heterocycles. The van der Waals surface area contributed by atoms with Crippen molar-refractivity contribution in [2.24, 2.45) is 7.05 Å². The molecule has 1 unspecified atom stereocenters. The highest BCUT2D eigenvalue weighted by molar-refractivity contribution is 5.83. The number of imidazole rings is 1. The number of fused-ring (bicyclic) bond motifs is 1. The van der Waals surface area contributed by atoms with Crippen LogP contribution in [-0.4, -0.2) is 49.3 Å². The first-order chi connectivity index (χ1) is 12.0. The van der Waals surface area contributed by atoms with Gasteiger partial charge in [-0.25, -0.2) is 4.98 Å². The predicted molar refractivity (Wildman–Crippen MR) is 89.6 cm³/mol. The molecule has 1 aliphatic heterocycles. The van der Waals surface area contributed by atoms with Crippen molar-refractivity contribution in [1.29, 1.82) is 0 Å². The van der Waals surface area contributed by atoms with Gasteiger partial charge >= 0.3 is 5.97 Å². The van der Waals surface area contributed by atoms with Gasteiger partial charge in [-0.3, -0.25) is 14.3 Å². The maximum atomic E-state index is 12.7. The number of aryl methyl sites for hydroxylation is 2. The van der Waals surface area contributed by atoms with Gasteiger partial charge < -0.3 is 14.2 Å². The number of hydrogen-bond donors (Lipinski definition) is 0. The second kappa shape index (κ2) is 7.08. The smallest absolute Gasteiger partial charge is 0.316 e. The van der Waals surface area contributed by atoms with E-state index in [0.717, 1.165) is 17.9 Å². The molecule has 3 heterocycles. The highest BCUT2D eigenvalue weighted by Gasteiger charge is 2.36. The molecule has 3 rings (SSSR count). The minimum atomic E-state index is -0.501. The number of rotatable bonds is 5. The molecule has 25 heavy (non-hydrogen) atoms. The van der Waals surface area contributed by atoms with Crippen LogP contribution in [-0.2, 0) is 40.9 Å². The molecule has 0 N–H and O–H groups in total. The second-order valence-corrected chi connectivity index (χ2v) is 6.10. The van der Waals surface area contributed by atoms with Crippen molar-refractivity contribution < 1.29 is 14.3 Å². The summed E-state index contributed by atoms with van der Waals surface area (Å²) >= 11 is 0. The van der Waals surface area contributed by atoms with Gasteiger partial charge in [0, 0.05) is 26.3 Å². The van der Waals surface area contributed by atoms with E-state index in [2.05, 4.69) is 10.1 Å². The molecular weight excluding hydrogens is 322 g/mol. The van der Waals surface area contributed by atoms with E-state index >= 15 is 0 Å². The molecule has 1 aliphatic rings. The average molecular weight is 345 g/mol. The van der Waals surface area contributed by atoms with Gasteiger partial charge in [-0.15, -0.1) is 0 Å². The van der Waals surface area contributed by atoms with Gasteiger partial charge in [0.15, 0.2) is 0 Å². The molecule has 134 valence electrons. The molecule has 0 saturated carbocycles. The zero-order valence-corrected chi connectivity index (χ0v) is 14.8. The fourth-order valence-electron chi connectivity index (χ4n) is 3.20. The second-order valence-electron chi connectivity index (χ2n) is 6.10. The van der Waals surface area contributed by atoms with Gasteiger partial charge in [-0.2, -0.15) is 5.10 Å². The average Bonchev–Trinajstić information content (AvgIpc) is 3.19. The summed E-state index contributed by atoms with van der Waals surface area (Å²) in [5.41, 5.74) is 2.34. The summed E-state index contributed by atoms with van der Waals surface area (Å²) in [5.74, 6) is -0.877. The largest absolute Gasteiger partial charge is 0.465 e. The maximum Gasteiger partial charge on any atom is 0.316 e. The molecule has 0 aromatic carbocycles. The number of nitrogens with zero attached hydrogens (tertiary/aromatic N) is 5. The summed E-state index contributed by atoms with van der Waals surface area (Å²) in [4.78, 5) is 31.2. The monoisotopic (exact) mass is 345 g/mol. The van der Waals surface area contributed by atoms with E-state index < -0.39 is 5.92 Å². The predicted octanol–water partition coefficient (Wildman–Crippen LogP) is 0.868. The van der Waals surface area contributed by atoms with E-state index in [9.17, 15) is 9.59 Å². The zero-order valence-electron chi connectivity index (χ0n) is 14.8. The zero-order chi connectivity index (χ0) is 18.0. The third kappa shape index (κ3) is 3.42. The number of hydrogen-bond acceptors (Lipinski definition) is 5. The number of amides is 1. The lowest BCUT2D eigenvalue weighted by Gasteiger charge is -2.32. The van der Waals surface area contributed by atoms with Gasteiger partial charge in [0.05, 0.1) is 43.0 Å². The van der Waals surface area contributed by atoms with E-state index in [1.54, 1.807) is 29.0 Å². The van der Waals surface area contributed by atoms with Crippen molar-refractivity contribution in [3.8, 4) is 0 Å². The van der Waals surface area contributed by atoms with Gasteiger partial charge in [-0.05, 0) is 19.9 Å². The first kappa shape index (κ1) is 17.2. The molecule has 0 fully saturated rings. The fourth-order valence-corrected chi connectivity index (χ4v) is 3.20. The molecule has 2 aromatic heterocycles. The highest BCUT2D eigenvalue weighted by atomic mass is 16.5. The highest BCUT2D eigenvalue weighted by Crippen LogP contribution is 2.29. The number of aromatic nitrogens is 4. The number of carbonyl (C=O) groups excluding carboxylic acids is 2.